The molecule has 1 amide bonds. The maximum Gasteiger partial charge on any atom is 0.476 e. The van der Waals surface area contributed by atoms with Crippen molar-refractivity contribution in [3.8, 4) is 0 Å². The topological polar surface area (TPSA) is 133 Å². The van der Waals surface area contributed by atoms with Gasteiger partial charge in [-0.05, 0) is 6.08 Å². The van der Waals surface area contributed by atoms with Crippen LogP contribution < -0.4 is 5.32 Å². The summed E-state index contributed by atoms with van der Waals surface area (Å²) in [7, 11) is -9.40. The highest BCUT2D eigenvalue weighted by molar-refractivity contribution is 7.63. The van der Waals surface area contributed by atoms with Crippen molar-refractivity contribution >= 4 is 21.3 Å². The van der Waals surface area contributed by atoms with Crippen molar-refractivity contribution in [1.29, 1.82) is 0 Å². The highest BCUT2D eigenvalue weighted by Gasteiger charge is 2.30. The highest BCUT2D eigenvalue weighted by atomic mass is 31.3. The van der Waals surface area contributed by atoms with E-state index in [2.05, 4.69) is 16.2 Å². The lowest BCUT2D eigenvalue weighted by Gasteiger charge is -2.12. The molecule has 0 saturated heterocycles. The lowest BCUT2D eigenvalue weighted by atomic mass is 10.6. The summed E-state index contributed by atoms with van der Waals surface area (Å²) < 4.78 is 24.8. The fourth-order valence-electron chi connectivity index (χ4n) is 0.600. The number of hydrogen-bond acceptors (Lipinski definition) is 4. The monoisotopic (exact) mass is 259 g/mol. The van der Waals surface area contributed by atoms with E-state index in [1.54, 1.807) is 0 Å². The number of carbonyl (C=O) groups is 1. The van der Waals surface area contributed by atoms with Gasteiger partial charge in [0.25, 0.3) is 0 Å². The van der Waals surface area contributed by atoms with Gasteiger partial charge in [0.05, 0.1) is 6.16 Å². The molecule has 0 bridgehead atoms. The largest absolute Gasteiger partial charge is 0.476 e. The van der Waals surface area contributed by atoms with Crippen LogP contribution in [0.5, 0.6) is 0 Å². The number of nitrogens with one attached hydrogen (secondary N) is 1. The van der Waals surface area contributed by atoms with Gasteiger partial charge in [-0.15, -0.1) is 0 Å². The molecular formula is C5H11NO7P2. The minimum Gasteiger partial charge on any atom is -0.352 e. The summed E-state index contributed by atoms with van der Waals surface area (Å²) in [6.07, 6.45) is 0.351. The van der Waals surface area contributed by atoms with Gasteiger partial charge in [0, 0.05) is 6.54 Å². The minimum atomic E-state index is -5.00. The van der Waals surface area contributed by atoms with Crippen LogP contribution in [0.2, 0.25) is 0 Å². The van der Waals surface area contributed by atoms with Crippen molar-refractivity contribution in [2.75, 3.05) is 12.7 Å². The molecule has 0 spiro atoms. The molecule has 15 heavy (non-hydrogen) atoms. The predicted octanol–water partition coefficient (Wildman–Crippen LogP) is -0.417. The van der Waals surface area contributed by atoms with E-state index in [1.807, 2.05) is 0 Å². The Morgan fingerprint density at radius 2 is 1.93 bits per heavy atom. The van der Waals surface area contributed by atoms with Crippen LogP contribution in [0.3, 0.4) is 0 Å². The molecule has 0 fully saturated rings. The molecule has 4 N–H and O–H groups in total. The van der Waals surface area contributed by atoms with E-state index < -0.39 is 27.5 Å². The van der Waals surface area contributed by atoms with E-state index in [1.165, 1.54) is 0 Å². The minimum absolute atomic E-state index is 0.251. The zero-order chi connectivity index (χ0) is 12.1. The lowest BCUT2D eigenvalue weighted by Crippen LogP contribution is -2.24. The summed E-state index contributed by atoms with van der Waals surface area (Å²) in [5.74, 6) is -0.564. The van der Waals surface area contributed by atoms with E-state index in [9.17, 15) is 13.9 Å². The maximum absolute atomic E-state index is 11.0. The second-order valence-electron chi connectivity index (χ2n) is 2.43. The van der Waals surface area contributed by atoms with Crippen molar-refractivity contribution in [2.45, 2.75) is 0 Å². The molecule has 88 valence electrons. The van der Waals surface area contributed by atoms with E-state index >= 15 is 0 Å². The lowest BCUT2D eigenvalue weighted by molar-refractivity contribution is -0.116. The Kier molecular flexibility index (Phi) is 5.37. The Hall–Kier alpha value is -0.490. The SMILES string of the molecule is C=CC(=O)NCCP(=O)(O)OP(=O)(O)O. The van der Waals surface area contributed by atoms with E-state index in [-0.39, 0.29) is 6.54 Å². The summed E-state index contributed by atoms with van der Waals surface area (Å²) in [6, 6.07) is 0. The molecule has 0 aromatic carbocycles. The summed E-state index contributed by atoms with van der Waals surface area (Å²) in [4.78, 5) is 36.0. The quantitative estimate of drug-likeness (QED) is 0.376. The summed E-state index contributed by atoms with van der Waals surface area (Å²) in [5, 5.41) is 2.15. The number of amides is 1. The summed E-state index contributed by atoms with van der Waals surface area (Å²) in [6.45, 7) is 2.88. The first-order valence-electron chi connectivity index (χ1n) is 3.65. The predicted molar refractivity (Wildman–Crippen MR) is 51.0 cm³/mol. The van der Waals surface area contributed by atoms with Crippen LogP contribution in [0.4, 0.5) is 0 Å². The zero-order valence-corrected chi connectivity index (χ0v) is 9.36. The Bertz CT molecular complexity index is 334. The first-order valence-corrected chi connectivity index (χ1v) is 6.94. The zero-order valence-electron chi connectivity index (χ0n) is 7.57. The fraction of sp³-hybridized carbons (Fsp3) is 0.400. The molecule has 0 saturated carbocycles. The van der Waals surface area contributed by atoms with Gasteiger partial charge in [0.2, 0.25) is 5.91 Å². The van der Waals surface area contributed by atoms with Gasteiger partial charge >= 0.3 is 15.4 Å². The molecule has 8 nitrogen and oxygen atoms in total. The molecule has 0 aliphatic heterocycles. The van der Waals surface area contributed by atoms with Crippen LogP contribution >= 0.6 is 15.4 Å². The third-order valence-corrected chi connectivity index (χ3v) is 3.77. The molecule has 0 radical (unpaired) electrons. The normalized spacial score (nSPS) is 15.4. The van der Waals surface area contributed by atoms with Gasteiger partial charge in [-0.25, -0.2) is 8.88 Å². The molecule has 0 rings (SSSR count). The van der Waals surface area contributed by atoms with Gasteiger partial charge in [0.15, 0.2) is 0 Å². The van der Waals surface area contributed by atoms with Gasteiger partial charge in [-0.2, -0.15) is 0 Å². The van der Waals surface area contributed by atoms with Crippen LogP contribution in [0.15, 0.2) is 12.7 Å². The molecule has 0 aliphatic rings. The van der Waals surface area contributed by atoms with Crippen LogP contribution in [-0.2, 0) is 18.2 Å². The average Bonchev–Trinajstić information content (AvgIpc) is 1.98. The first kappa shape index (κ1) is 14.5. The van der Waals surface area contributed by atoms with Gasteiger partial charge in [-0.3, -0.25) is 9.36 Å². The van der Waals surface area contributed by atoms with Gasteiger partial charge in [-0.1, -0.05) is 6.58 Å². The van der Waals surface area contributed by atoms with Crippen molar-refractivity contribution in [3.05, 3.63) is 12.7 Å². The molecule has 0 aromatic rings. The van der Waals surface area contributed by atoms with Gasteiger partial charge in [0.1, 0.15) is 0 Å². The Balaban J connectivity index is 4.06. The number of rotatable bonds is 6. The smallest absolute Gasteiger partial charge is 0.352 e. The average molecular weight is 259 g/mol. The van der Waals surface area contributed by atoms with Crippen LogP contribution in [0.1, 0.15) is 0 Å². The van der Waals surface area contributed by atoms with E-state index in [0.717, 1.165) is 6.08 Å². The van der Waals surface area contributed by atoms with Crippen molar-refractivity contribution < 1.29 is 32.9 Å². The third-order valence-electron chi connectivity index (χ3n) is 1.11. The maximum atomic E-state index is 11.0. The second kappa shape index (κ2) is 5.55. The first-order chi connectivity index (χ1) is 6.66. The van der Waals surface area contributed by atoms with E-state index in [0.29, 0.717) is 0 Å². The molecule has 0 aliphatic carbocycles. The summed E-state index contributed by atoms with van der Waals surface area (Å²) in [5.41, 5.74) is 0. The Morgan fingerprint density at radius 1 is 1.40 bits per heavy atom. The van der Waals surface area contributed by atoms with Crippen molar-refractivity contribution in [3.63, 3.8) is 0 Å². The molecule has 1 atom stereocenters. The van der Waals surface area contributed by atoms with Crippen LogP contribution in [0.25, 0.3) is 0 Å². The fourth-order valence-corrected chi connectivity index (χ4v) is 2.65. The Morgan fingerprint density at radius 3 is 2.33 bits per heavy atom. The summed E-state index contributed by atoms with van der Waals surface area (Å²) >= 11 is 0. The third kappa shape index (κ3) is 8.50. The van der Waals surface area contributed by atoms with Crippen molar-refractivity contribution in [1.82, 2.24) is 5.32 Å². The molecule has 0 aromatic heterocycles. The Labute approximate surface area is 85.7 Å². The molecule has 0 heterocycles. The van der Waals surface area contributed by atoms with Crippen molar-refractivity contribution in [2.24, 2.45) is 0 Å². The molecular weight excluding hydrogens is 248 g/mol. The van der Waals surface area contributed by atoms with Gasteiger partial charge < -0.3 is 20.0 Å². The van der Waals surface area contributed by atoms with E-state index in [4.69, 9.17) is 14.7 Å². The number of hydrogen-bond donors (Lipinski definition) is 4. The standard InChI is InChI=1S/C5H11NO7P2/c1-2-5(7)6-3-4-14(8,9)13-15(10,11)12/h2H,1,3-4H2,(H,6,7)(H,8,9)(H2,10,11,12). The number of carbonyl (C=O) groups excluding carboxylic acids is 1. The van der Waals surface area contributed by atoms with Crippen LogP contribution in [-0.4, -0.2) is 33.3 Å². The molecule has 10 heteroatoms. The second-order valence-corrected chi connectivity index (χ2v) is 5.78. The van der Waals surface area contributed by atoms with Crippen LogP contribution in [0, 0.1) is 0 Å². The highest BCUT2D eigenvalue weighted by Crippen LogP contribution is 2.56. The number of phosphoric acid groups is 1. The molecule has 1 unspecified atom stereocenters.